The first kappa shape index (κ1) is 21.6. The Labute approximate surface area is 200 Å². The number of fused-ring (bicyclic) bond motifs is 3. The standard InChI is InChI=1S/C28H28N4O2/c1-30(2)22-16-14-20(15-17-22)27-25-12-8-18-31(25)24-11-6-4-9-21(24)19-32(27)28(33)29-23-10-5-7-13-26(23)34-3/h4-18,27H,19H2,1-3H3,(H,29,33). The summed E-state index contributed by atoms with van der Waals surface area (Å²) in [6.45, 7) is 0.471. The molecule has 1 aliphatic rings. The number of para-hydroxylation sites is 3. The molecule has 0 radical (unpaired) electrons. The van der Waals surface area contributed by atoms with Crippen molar-refractivity contribution in [2.24, 2.45) is 0 Å². The number of rotatable bonds is 4. The lowest BCUT2D eigenvalue weighted by Crippen LogP contribution is -2.38. The molecule has 6 heteroatoms. The van der Waals surface area contributed by atoms with E-state index in [1.165, 1.54) is 0 Å². The second kappa shape index (κ2) is 8.98. The Morgan fingerprint density at radius 1 is 0.941 bits per heavy atom. The molecule has 34 heavy (non-hydrogen) atoms. The van der Waals surface area contributed by atoms with Gasteiger partial charge in [0, 0.05) is 31.7 Å². The fourth-order valence-corrected chi connectivity index (χ4v) is 4.58. The Bertz CT molecular complexity index is 1310. The number of nitrogens with zero attached hydrogens (tertiary/aromatic N) is 3. The average molecular weight is 453 g/mol. The predicted molar refractivity (Wildman–Crippen MR) is 136 cm³/mol. The lowest BCUT2D eigenvalue weighted by atomic mass is 10.0. The van der Waals surface area contributed by atoms with Crippen LogP contribution in [0.25, 0.3) is 5.69 Å². The maximum absolute atomic E-state index is 13.8. The van der Waals surface area contributed by atoms with Crippen molar-refractivity contribution < 1.29 is 9.53 Å². The summed E-state index contributed by atoms with van der Waals surface area (Å²) >= 11 is 0. The summed E-state index contributed by atoms with van der Waals surface area (Å²) in [6, 6.07) is 27.8. The van der Waals surface area contributed by atoms with Gasteiger partial charge in [-0.15, -0.1) is 0 Å². The first-order valence-corrected chi connectivity index (χ1v) is 11.3. The van der Waals surface area contributed by atoms with Gasteiger partial charge in [-0.05, 0) is 53.6 Å². The molecule has 2 amide bonds. The summed E-state index contributed by atoms with van der Waals surface area (Å²) in [5.74, 6) is 0.626. The molecule has 1 atom stereocenters. The highest BCUT2D eigenvalue weighted by Gasteiger charge is 2.33. The molecule has 1 N–H and O–H groups in total. The molecule has 6 nitrogen and oxygen atoms in total. The molecule has 1 unspecified atom stereocenters. The SMILES string of the molecule is COc1ccccc1NC(=O)N1Cc2ccccc2-n2cccc2C1c1ccc(N(C)C)cc1. The Morgan fingerprint density at radius 3 is 2.44 bits per heavy atom. The van der Waals surface area contributed by atoms with Crippen LogP contribution in [0.4, 0.5) is 16.2 Å². The van der Waals surface area contributed by atoms with Gasteiger partial charge in [0.25, 0.3) is 0 Å². The molecule has 0 spiro atoms. The minimum absolute atomic E-state index is 0.185. The van der Waals surface area contributed by atoms with Crippen molar-refractivity contribution in [2.45, 2.75) is 12.6 Å². The third-order valence-electron chi connectivity index (χ3n) is 6.30. The second-order valence-electron chi connectivity index (χ2n) is 8.58. The number of urea groups is 1. The van der Waals surface area contributed by atoms with Crippen LogP contribution in [0.5, 0.6) is 5.75 Å². The van der Waals surface area contributed by atoms with Gasteiger partial charge in [0.1, 0.15) is 5.75 Å². The van der Waals surface area contributed by atoms with Gasteiger partial charge in [-0.25, -0.2) is 4.79 Å². The summed E-state index contributed by atoms with van der Waals surface area (Å²) in [5, 5.41) is 3.09. The van der Waals surface area contributed by atoms with Crippen molar-refractivity contribution in [1.82, 2.24) is 9.47 Å². The highest BCUT2D eigenvalue weighted by molar-refractivity contribution is 5.91. The van der Waals surface area contributed by atoms with Crippen molar-refractivity contribution in [3.05, 3.63) is 108 Å². The normalized spacial score (nSPS) is 14.6. The van der Waals surface area contributed by atoms with Crippen LogP contribution in [0.2, 0.25) is 0 Å². The Morgan fingerprint density at radius 2 is 1.68 bits per heavy atom. The van der Waals surface area contributed by atoms with Crippen LogP contribution in [0, 0.1) is 0 Å². The van der Waals surface area contributed by atoms with E-state index in [2.05, 4.69) is 63.4 Å². The van der Waals surface area contributed by atoms with Crippen LogP contribution >= 0.6 is 0 Å². The number of hydrogen-bond acceptors (Lipinski definition) is 3. The van der Waals surface area contributed by atoms with E-state index in [1.807, 2.05) is 61.5 Å². The number of carbonyl (C=O) groups excluding carboxylic acids is 1. The fourth-order valence-electron chi connectivity index (χ4n) is 4.58. The van der Waals surface area contributed by atoms with Crippen LogP contribution in [0.1, 0.15) is 22.9 Å². The average Bonchev–Trinajstić information content (AvgIpc) is 3.28. The minimum Gasteiger partial charge on any atom is -0.495 e. The zero-order valence-electron chi connectivity index (χ0n) is 19.6. The van der Waals surface area contributed by atoms with Crippen LogP contribution in [-0.2, 0) is 6.54 Å². The van der Waals surface area contributed by atoms with Crippen molar-refractivity contribution in [1.29, 1.82) is 0 Å². The van der Waals surface area contributed by atoms with Crippen LogP contribution in [-0.4, -0.2) is 36.7 Å². The van der Waals surface area contributed by atoms with E-state index in [4.69, 9.17) is 4.74 Å². The first-order valence-electron chi connectivity index (χ1n) is 11.3. The van der Waals surface area contributed by atoms with Gasteiger partial charge in [-0.1, -0.05) is 42.5 Å². The summed E-state index contributed by atoms with van der Waals surface area (Å²) in [5.41, 5.74) is 6.02. The molecular formula is C28H28N4O2. The van der Waals surface area contributed by atoms with Gasteiger partial charge < -0.3 is 24.4 Å². The monoisotopic (exact) mass is 452 g/mol. The summed E-state index contributed by atoms with van der Waals surface area (Å²) in [6.07, 6.45) is 2.07. The van der Waals surface area contributed by atoms with Crippen molar-refractivity contribution >= 4 is 17.4 Å². The zero-order valence-corrected chi connectivity index (χ0v) is 19.6. The molecule has 1 aromatic heterocycles. The zero-order chi connectivity index (χ0) is 23.7. The summed E-state index contributed by atoms with van der Waals surface area (Å²) in [4.78, 5) is 17.8. The highest BCUT2D eigenvalue weighted by Crippen LogP contribution is 2.37. The Balaban J connectivity index is 1.62. The molecule has 0 aliphatic carbocycles. The van der Waals surface area contributed by atoms with E-state index >= 15 is 0 Å². The molecule has 1 aliphatic heterocycles. The molecule has 3 aromatic carbocycles. The van der Waals surface area contributed by atoms with E-state index in [-0.39, 0.29) is 12.1 Å². The van der Waals surface area contributed by atoms with E-state index in [1.54, 1.807) is 7.11 Å². The second-order valence-corrected chi connectivity index (χ2v) is 8.58. The van der Waals surface area contributed by atoms with Gasteiger partial charge in [-0.2, -0.15) is 0 Å². The van der Waals surface area contributed by atoms with E-state index in [9.17, 15) is 4.79 Å². The predicted octanol–water partition coefficient (Wildman–Crippen LogP) is 5.69. The van der Waals surface area contributed by atoms with E-state index < -0.39 is 0 Å². The first-order chi connectivity index (χ1) is 16.6. The molecular weight excluding hydrogens is 424 g/mol. The van der Waals surface area contributed by atoms with Crippen molar-refractivity contribution in [2.75, 3.05) is 31.4 Å². The number of benzene rings is 3. The third-order valence-corrected chi connectivity index (χ3v) is 6.30. The van der Waals surface area contributed by atoms with Gasteiger partial charge in [0.05, 0.1) is 31.1 Å². The maximum atomic E-state index is 13.8. The van der Waals surface area contributed by atoms with E-state index in [0.717, 1.165) is 28.2 Å². The van der Waals surface area contributed by atoms with Crippen LogP contribution < -0.4 is 15.0 Å². The van der Waals surface area contributed by atoms with Crippen LogP contribution in [0.15, 0.2) is 91.1 Å². The number of aromatic nitrogens is 1. The van der Waals surface area contributed by atoms with Crippen LogP contribution in [0.3, 0.4) is 0 Å². The summed E-state index contributed by atoms with van der Waals surface area (Å²) < 4.78 is 7.65. The largest absolute Gasteiger partial charge is 0.495 e. The smallest absolute Gasteiger partial charge is 0.323 e. The number of ether oxygens (including phenoxy) is 1. The van der Waals surface area contributed by atoms with Crippen molar-refractivity contribution in [3.63, 3.8) is 0 Å². The third kappa shape index (κ3) is 3.88. The number of carbonyl (C=O) groups is 1. The number of hydrogen-bond donors (Lipinski definition) is 1. The van der Waals surface area contributed by atoms with Gasteiger partial charge in [0.15, 0.2) is 0 Å². The summed E-state index contributed by atoms with van der Waals surface area (Å²) in [7, 11) is 5.65. The molecule has 2 heterocycles. The number of nitrogens with one attached hydrogen (secondary N) is 1. The lowest BCUT2D eigenvalue weighted by molar-refractivity contribution is 0.194. The quantitative estimate of drug-likeness (QED) is 0.433. The molecule has 4 aromatic rings. The van der Waals surface area contributed by atoms with Gasteiger partial charge >= 0.3 is 6.03 Å². The topological polar surface area (TPSA) is 49.7 Å². The maximum Gasteiger partial charge on any atom is 0.323 e. The van der Waals surface area contributed by atoms with E-state index in [0.29, 0.717) is 18.0 Å². The fraction of sp³-hybridized carbons (Fsp3) is 0.179. The Kier molecular flexibility index (Phi) is 5.72. The Hall–Kier alpha value is -4.19. The molecule has 0 saturated carbocycles. The molecule has 0 bridgehead atoms. The van der Waals surface area contributed by atoms with Crippen molar-refractivity contribution in [3.8, 4) is 11.4 Å². The van der Waals surface area contributed by atoms with Gasteiger partial charge in [0.2, 0.25) is 0 Å². The molecule has 5 rings (SSSR count). The minimum atomic E-state index is -0.270. The molecule has 172 valence electrons. The number of amides is 2. The number of methoxy groups -OCH3 is 1. The molecule has 0 fully saturated rings. The van der Waals surface area contributed by atoms with Gasteiger partial charge in [-0.3, -0.25) is 0 Å². The lowest BCUT2D eigenvalue weighted by Gasteiger charge is -2.31. The number of anilines is 2. The highest BCUT2D eigenvalue weighted by atomic mass is 16.5. The molecule has 0 saturated heterocycles.